The molecule has 0 aliphatic rings. The van der Waals surface area contributed by atoms with Crippen molar-refractivity contribution in [3.63, 3.8) is 0 Å². The monoisotopic (exact) mass is 396 g/mol. The SMILES string of the molecule is CCOc1ccc(OCc2ccc(-c3nc4c5ccccc5ncn4n3)cc2)cc1. The molecule has 2 aromatic heterocycles. The molecule has 30 heavy (non-hydrogen) atoms. The summed E-state index contributed by atoms with van der Waals surface area (Å²) >= 11 is 0. The summed E-state index contributed by atoms with van der Waals surface area (Å²) in [4.78, 5) is 9.16. The van der Waals surface area contributed by atoms with Crippen molar-refractivity contribution in [2.24, 2.45) is 0 Å². The lowest BCUT2D eigenvalue weighted by molar-refractivity contribution is 0.304. The lowest BCUT2D eigenvalue weighted by Crippen LogP contribution is -1.96. The Labute approximate surface area is 173 Å². The van der Waals surface area contributed by atoms with E-state index in [1.165, 1.54) is 0 Å². The first-order valence-electron chi connectivity index (χ1n) is 9.85. The van der Waals surface area contributed by atoms with Gasteiger partial charge >= 0.3 is 0 Å². The average molecular weight is 396 g/mol. The van der Waals surface area contributed by atoms with Crippen molar-refractivity contribution in [1.29, 1.82) is 0 Å². The largest absolute Gasteiger partial charge is 0.494 e. The van der Waals surface area contributed by atoms with Crippen molar-refractivity contribution in [2.75, 3.05) is 6.61 Å². The Hall–Kier alpha value is -3.93. The predicted octanol–water partition coefficient (Wildman–Crippen LogP) is 4.92. The summed E-state index contributed by atoms with van der Waals surface area (Å²) in [7, 11) is 0. The second kappa shape index (κ2) is 7.83. The van der Waals surface area contributed by atoms with Crippen molar-refractivity contribution >= 4 is 16.6 Å². The summed E-state index contributed by atoms with van der Waals surface area (Å²) < 4.78 is 13.0. The molecule has 0 unspecified atom stereocenters. The highest BCUT2D eigenvalue weighted by Gasteiger charge is 2.10. The van der Waals surface area contributed by atoms with Crippen LogP contribution < -0.4 is 9.47 Å². The van der Waals surface area contributed by atoms with Crippen LogP contribution in [-0.4, -0.2) is 26.2 Å². The number of ether oxygens (including phenoxy) is 2. The van der Waals surface area contributed by atoms with E-state index in [-0.39, 0.29) is 0 Å². The topological polar surface area (TPSA) is 61.5 Å². The molecular weight excluding hydrogens is 376 g/mol. The van der Waals surface area contributed by atoms with E-state index in [1.54, 1.807) is 10.8 Å². The van der Waals surface area contributed by atoms with Crippen molar-refractivity contribution in [3.8, 4) is 22.9 Å². The molecule has 0 saturated heterocycles. The molecule has 148 valence electrons. The molecule has 6 nitrogen and oxygen atoms in total. The molecule has 2 heterocycles. The van der Waals surface area contributed by atoms with Crippen LogP contribution in [0, 0.1) is 0 Å². The zero-order valence-corrected chi connectivity index (χ0v) is 16.5. The molecule has 0 aliphatic carbocycles. The molecule has 0 fully saturated rings. The number of aromatic nitrogens is 4. The summed E-state index contributed by atoms with van der Waals surface area (Å²) in [5, 5.41) is 5.56. The first kappa shape index (κ1) is 18.1. The van der Waals surface area contributed by atoms with Crippen LogP contribution in [0.2, 0.25) is 0 Å². The Kier molecular flexibility index (Phi) is 4.73. The van der Waals surface area contributed by atoms with E-state index >= 15 is 0 Å². The number of rotatable bonds is 6. The van der Waals surface area contributed by atoms with Crippen molar-refractivity contribution in [1.82, 2.24) is 19.6 Å². The highest BCUT2D eigenvalue weighted by atomic mass is 16.5. The molecule has 0 radical (unpaired) electrons. The van der Waals surface area contributed by atoms with Gasteiger partial charge in [-0.15, -0.1) is 5.10 Å². The first-order chi connectivity index (χ1) is 14.8. The maximum absolute atomic E-state index is 5.87. The van der Waals surface area contributed by atoms with Gasteiger partial charge in [-0.25, -0.2) is 14.5 Å². The maximum atomic E-state index is 5.87. The average Bonchev–Trinajstić information content (AvgIpc) is 3.24. The number of nitrogens with zero attached hydrogens (tertiary/aromatic N) is 4. The van der Waals surface area contributed by atoms with Gasteiger partial charge in [0.15, 0.2) is 11.5 Å². The number of para-hydroxylation sites is 1. The predicted molar refractivity (Wildman–Crippen MR) is 116 cm³/mol. The van der Waals surface area contributed by atoms with Crippen LogP contribution in [0.5, 0.6) is 11.5 Å². The fraction of sp³-hybridized carbons (Fsp3) is 0.125. The molecular formula is C24H20N4O2. The van der Waals surface area contributed by atoms with Crippen molar-refractivity contribution in [3.05, 3.63) is 84.7 Å². The van der Waals surface area contributed by atoms with Crippen LogP contribution in [0.15, 0.2) is 79.1 Å². The number of hydrogen-bond donors (Lipinski definition) is 0. The van der Waals surface area contributed by atoms with Crippen LogP contribution in [0.25, 0.3) is 27.9 Å². The van der Waals surface area contributed by atoms with Crippen LogP contribution in [0.1, 0.15) is 12.5 Å². The van der Waals surface area contributed by atoms with Gasteiger partial charge in [0.25, 0.3) is 0 Å². The first-order valence-corrected chi connectivity index (χ1v) is 9.85. The fourth-order valence-corrected chi connectivity index (χ4v) is 3.32. The van der Waals surface area contributed by atoms with E-state index < -0.39 is 0 Å². The lowest BCUT2D eigenvalue weighted by Gasteiger charge is -2.08. The normalized spacial score (nSPS) is 11.1. The van der Waals surface area contributed by atoms with Gasteiger partial charge in [-0.05, 0) is 48.9 Å². The summed E-state index contributed by atoms with van der Waals surface area (Å²) in [6.45, 7) is 3.11. The van der Waals surface area contributed by atoms with Crippen molar-refractivity contribution < 1.29 is 9.47 Å². The summed E-state index contributed by atoms with van der Waals surface area (Å²) in [5.74, 6) is 2.33. The van der Waals surface area contributed by atoms with Gasteiger partial charge in [0.1, 0.15) is 24.4 Å². The van der Waals surface area contributed by atoms with Gasteiger partial charge in [0.05, 0.1) is 12.1 Å². The Morgan fingerprint density at radius 3 is 2.33 bits per heavy atom. The third-order valence-corrected chi connectivity index (χ3v) is 4.83. The molecule has 0 atom stereocenters. The second-order valence-electron chi connectivity index (χ2n) is 6.86. The summed E-state index contributed by atoms with van der Waals surface area (Å²) in [6.07, 6.45) is 1.70. The van der Waals surface area contributed by atoms with Crippen LogP contribution in [0.3, 0.4) is 0 Å². The summed E-state index contributed by atoms with van der Waals surface area (Å²) in [5.41, 5.74) is 3.74. The van der Waals surface area contributed by atoms with Crippen LogP contribution >= 0.6 is 0 Å². The number of fused-ring (bicyclic) bond motifs is 3. The minimum Gasteiger partial charge on any atom is -0.494 e. The minimum atomic E-state index is 0.488. The van der Waals surface area contributed by atoms with E-state index in [9.17, 15) is 0 Å². The Morgan fingerprint density at radius 1 is 0.833 bits per heavy atom. The molecule has 0 bridgehead atoms. The standard InChI is InChI=1S/C24H20N4O2/c1-2-29-19-11-13-20(14-12-19)30-15-17-7-9-18(10-8-17)23-26-24-21-5-3-4-6-22(21)25-16-28(24)27-23/h3-14,16H,2,15H2,1H3. The number of hydrogen-bond acceptors (Lipinski definition) is 5. The van der Waals surface area contributed by atoms with E-state index in [1.807, 2.05) is 79.7 Å². The third kappa shape index (κ3) is 3.55. The van der Waals surface area contributed by atoms with Crippen LogP contribution in [0.4, 0.5) is 0 Å². The van der Waals surface area contributed by atoms with E-state index in [2.05, 4.69) is 10.1 Å². The Morgan fingerprint density at radius 2 is 1.57 bits per heavy atom. The minimum absolute atomic E-state index is 0.488. The quantitative estimate of drug-likeness (QED) is 0.408. The molecule has 0 amide bonds. The summed E-state index contributed by atoms with van der Waals surface area (Å²) in [6, 6.07) is 23.7. The van der Waals surface area contributed by atoms with E-state index in [0.29, 0.717) is 19.0 Å². The van der Waals surface area contributed by atoms with E-state index in [4.69, 9.17) is 14.5 Å². The second-order valence-corrected chi connectivity index (χ2v) is 6.86. The molecule has 0 aliphatic heterocycles. The molecule has 0 saturated carbocycles. The van der Waals surface area contributed by atoms with E-state index in [0.717, 1.165) is 39.2 Å². The van der Waals surface area contributed by atoms with Crippen molar-refractivity contribution in [2.45, 2.75) is 13.5 Å². The lowest BCUT2D eigenvalue weighted by atomic mass is 10.1. The molecule has 3 aromatic carbocycles. The van der Waals surface area contributed by atoms with Gasteiger partial charge in [-0.1, -0.05) is 36.4 Å². The Balaban J connectivity index is 1.32. The highest BCUT2D eigenvalue weighted by molar-refractivity contribution is 5.91. The third-order valence-electron chi connectivity index (χ3n) is 4.83. The molecule has 5 aromatic rings. The highest BCUT2D eigenvalue weighted by Crippen LogP contribution is 2.22. The van der Waals surface area contributed by atoms with Gasteiger partial charge < -0.3 is 9.47 Å². The Bertz CT molecular complexity index is 1290. The molecule has 0 spiro atoms. The van der Waals surface area contributed by atoms with Gasteiger partial charge in [0, 0.05) is 10.9 Å². The molecule has 0 N–H and O–H groups in total. The zero-order chi connectivity index (χ0) is 20.3. The number of benzene rings is 3. The maximum Gasteiger partial charge on any atom is 0.182 e. The van der Waals surface area contributed by atoms with Gasteiger partial charge in [-0.3, -0.25) is 0 Å². The van der Waals surface area contributed by atoms with Gasteiger partial charge in [0.2, 0.25) is 0 Å². The van der Waals surface area contributed by atoms with Gasteiger partial charge in [-0.2, -0.15) is 0 Å². The molecule has 5 rings (SSSR count). The smallest absolute Gasteiger partial charge is 0.182 e. The van der Waals surface area contributed by atoms with Crippen LogP contribution in [-0.2, 0) is 6.61 Å². The fourth-order valence-electron chi connectivity index (χ4n) is 3.32. The molecule has 6 heteroatoms. The zero-order valence-electron chi connectivity index (χ0n) is 16.5.